The van der Waals surface area contributed by atoms with Crippen LogP contribution in [-0.2, 0) is 10.2 Å². The van der Waals surface area contributed by atoms with Gasteiger partial charge in [-0.25, -0.2) is 0 Å². The van der Waals surface area contributed by atoms with Gasteiger partial charge in [0, 0.05) is 18.7 Å². The first kappa shape index (κ1) is 23.6. The minimum Gasteiger partial charge on any atom is -0.342 e. The van der Waals surface area contributed by atoms with Gasteiger partial charge in [-0.1, -0.05) is 81.9 Å². The second kappa shape index (κ2) is 9.72. The Hall–Kier alpha value is -2.60. The molecule has 1 aliphatic rings. The van der Waals surface area contributed by atoms with E-state index in [4.69, 9.17) is 0 Å². The second-order valence-electron chi connectivity index (χ2n) is 10.1. The Bertz CT molecular complexity index is 1110. The van der Waals surface area contributed by atoms with Crippen molar-refractivity contribution in [2.45, 2.75) is 58.0 Å². The van der Waals surface area contributed by atoms with Crippen LogP contribution in [0.15, 0.2) is 53.7 Å². The van der Waals surface area contributed by atoms with E-state index in [2.05, 4.69) is 85.8 Å². The van der Waals surface area contributed by atoms with Gasteiger partial charge in [-0.2, -0.15) is 0 Å². The highest BCUT2D eigenvalue weighted by molar-refractivity contribution is 7.99. The summed E-state index contributed by atoms with van der Waals surface area (Å²) in [4.78, 5) is 14.8. The number of nitrogens with zero attached hydrogens (tertiary/aromatic N) is 4. The summed E-state index contributed by atoms with van der Waals surface area (Å²) >= 11 is 1.47. The van der Waals surface area contributed by atoms with Gasteiger partial charge in [0.05, 0.1) is 11.4 Å². The van der Waals surface area contributed by atoms with Crippen molar-refractivity contribution in [1.82, 2.24) is 19.7 Å². The largest absolute Gasteiger partial charge is 0.342 e. The molecule has 1 aromatic heterocycles. The van der Waals surface area contributed by atoms with Crippen molar-refractivity contribution in [3.8, 4) is 17.1 Å². The molecule has 0 atom stereocenters. The molecule has 0 radical (unpaired) electrons. The van der Waals surface area contributed by atoms with E-state index in [9.17, 15) is 4.79 Å². The van der Waals surface area contributed by atoms with E-state index in [1.165, 1.54) is 17.3 Å². The van der Waals surface area contributed by atoms with E-state index in [1.807, 2.05) is 17.0 Å². The minimum absolute atomic E-state index is 0.0931. The fourth-order valence-electron chi connectivity index (χ4n) is 4.18. The van der Waals surface area contributed by atoms with Gasteiger partial charge in [0.15, 0.2) is 11.0 Å². The molecule has 2 aromatic carbocycles. The molecule has 1 amide bonds. The maximum absolute atomic E-state index is 12.8. The summed E-state index contributed by atoms with van der Waals surface area (Å²) in [5, 5.41) is 9.83. The predicted molar refractivity (Wildman–Crippen MR) is 136 cm³/mol. The van der Waals surface area contributed by atoms with E-state index in [0.717, 1.165) is 53.7 Å². The van der Waals surface area contributed by atoms with Crippen LogP contribution in [0.5, 0.6) is 0 Å². The molecule has 0 bridgehead atoms. The third-order valence-electron chi connectivity index (χ3n) is 6.46. The number of likely N-dealkylation sites (tertiary alicyclic amines) is 1. The van der Waals surface area contributed by atoms with Crippen LogP contribution in [-0.4, -0.2) is 44.4 Å². The van der Waals surface area contributed by atoms with Gasteiger partial charge in [0.2, 0.25) is 5.91 Å². The van der Waals surface area contributed by atoms with Gasteiger partial charge >= 0.3 is 0 Å². The van der Waals surface area contributed by atoms with Crippen molar-refractivity contribution in [2.24, 2.45) is 5.92 Å². The number of rotatable bonds is 5. The lowest BCUT2D eigenvalue weighted by Gasteiger charge is -2.30. The molecule has 2 heterocycles. The Labute approximate surface area is 201 Å². The van der Waals surface area contributed by atoms with Crippen molar-refractivity contribution < 1.29 is 4.79 Å². The number of aryl methyl sites for hydroxylation is 1. The molecule has 5 nitrogen and oxygen atoms in total. The molecular weight excluding hydrogens is 428 g/mol. The molecule has 174 valence electrons. The Morgan fingerprint density at radius 3 is 2.33 bits per heavy atom. The first-order valence-electron chi connectivity index (χ1n) is 11.8. The van der Waals surface area contributed by atoms with E-state index >= 15 is 0 Å². The number of thioether (sulfide) groups is 1. The summed E-state index contributed by atoms with van der Waals surface area (Å²) in [7, 11) is 0. The van der Waals surface area contributed by atoms with E-state index in [0.29, 0.717) is 11.7 Å². The Morgan fingerprint density at radius 2 is 1.70 bits per heavy atom. The zero-order valence-electron chi connectivity index (χ0n) is 20.3. The molecule has 1 saturated heterocycles. The van der Waals surface area contributed by atoms with E-state index < -0.39 is 0 Å². The Balaban J connectivity index is 1.63. The fraction of sp³-hybridized carbons (Fsp3) is 0.444. The zero-order chi connectivity index (χ0) is 23.6. The highest BCUT2D eigenvalue weighted by Crippen LogP contribution is 2.31. The normalized spacial score (nSPS) is 15.1. The SMILES string of the molecule is Cc1ccccc1-n1c(SCC(=O)N2CCC(C)CC2)nnc1-c1ccc(C(C)(C)C)cc1. The van der Waals surface area contributed by atoms with E-state index in [1.54, 1.807) is 0 Å². The van der Waals surface area contributed by atoms with Crippen molar-refractivity contribution in [2.75, 3.05) is 18.8 Å². The fourth-order valence-corrected chi connectivity index (χ4v) is 5.02. The topological polar surface area (TPSA) is 51.0 Å². The van der Waals surface area contributed by atoms with Crippen molar-refractivity contribution in [3.63, 3.8) is 0 Å². The van der Waals surface area contributed by atoms with Crippen LogP contribution in [0.25, 0.3) is 17.1 Å². The molecular formula is C27H34N4OS. The number of aromatic nitrogens is 3. The second-order valence-corrected chi connectivity index (χ2v) is 11.0. The van der Waals surface area contributed by atoms with Crippen LogP contribution in [0.3, 0.4) is 0 Å². The molecule has 4 rings (SSSR count). The molecule has 3 aromatic rings. The number of carbonyl (C=O) groups is 1. The number of carbonyl (C=O) groups excluding carboxylic acids is 1. The minimum atomic E-state index is 0.0931. The number of hydrogen-bond acceptors (Lipinski definition) is 4. The highest BCUT2D eigenvalue weighted by atomic mass is 32.2. The Morgan fingerprint density at radius 1 is 1.03 bits per heavy atom. The number of para-hydroxylation sites is 1. The van der Waals surface area contributed by atoms with Crippen molar-refractivity contribution >= 4 is 17.7 Å². The predicted octanol–water partition coefficient (Wildman–Crippen LogP) is 5.89. The molecule has 33 heavy (non-hydrogen) atoms. The smallest absolute Gasteiger partial charge is 0.233 e. The Kier molecular flexibility index (Phi) is 6.94. The average Bonchev–Trinajstić information content (AvgIpc) is 3.21. The van der Waals surface area contributed by atoms with E-state index in [-0.39, 0.29) is 11.3 Å². The number of benzene rings is 2. The van der Waals surface area contributed by atoms with Crippen LogP contribution in [0.4, 0.5) is 0 Å². The zero-order valence-corrected chi connectivity index (χ0v) is 21.2. The number of amides is 1. The summed E-state index contributed by atoms with van der Waals surface area (Å²) < 4.78 is 2.09. The lowest BCUT2D eigenvalue weighted by Crippen LogP contribution is -2.38. The maximum atomic E-state index is 12.8. The van der Waals surface area contributed by atoms with Gasteiger partial charge in [0.25, 0.3) is 0 Å². The van der Waals surface area contributed by atoms with Crippen LogP contribution >= 0.6 is 11.8 Å². The molecule has 0 N–H and O–H groups in total. The summed E-state index contributed by atoms with van der Waals surface area (Å²) in [5.41, 5.74) is 4.57. The van der Waals surface area contributed by atoms with Crippen LogP contribution in [0, 0.1) is 12.8 Å². The molecule has 0 unspecified atom stereocenters. The quantitative estimate of drug-likeness (QED) is 0.444. The third-order valence-corrected chi connectivity index (χ3v) is 7.37. The van der Waals surface area contributed by atoms with Gasteiger partial charge < -0.3 is 4.90 Å². The summed E-state index contributed by atoms with van der Waals surface area (Å²) in [6, 6.07) is 16.8. The molecule has 1 aliphatic heterocycles. The monoisotopic (exact) mass is 462 g/mol. The first-order valence-corrected chi connectivity index (χ1v) is 12.8. The molecule has 0 aliphatic carbocycles. The van der Waals surface area contributed by atoms with Gasteiger partial charge in [-0.05, 0) is 48.3 Å². The van der Waals surface area contributed by atoms with Gasteiger partial charge in [0.1, 0.15) is 0 Å². The molecule has 6 heteroatoms. The summed E-state index contributed by atoms with van der Waals surface area (Å²) in [6.07, 6.45) is 2.18. The summed E-state index contributed by atoms with van der Waals surface area (Å²) in [5.74, 6) is 2.06. The lowest BCUT2D eigenvalue weighted by atomic mass is 9.87. The molecule has 0 saturated carbocycles. The number of piperidine rings is 1. The van der Waals surface area contributed by atoms with Crippen LogP contribution < -0.4 is 0 Å². The maximum Gasteiger partial charge on any atom is 0.233 e. The van der Waals surface area contributed by atoms with Crippen LogP contribution in [0.1, 0.15) is 51.7 Å². The lowest BCUT2D eigenvalue weighted by molar-refractivity contribution is -0.129. The molecule has 0 spiro atoms. The van der Waals surface area contributed by atoms with Gasteiger partial charge in [-0.3, -0.25) is 9.36 Å². The first-order chi connectivity index (χ1) is 15.7. The van der Waals surface area contributed by atoms with Crippen molar-refractivity contribution in [3.05, 3.63) is 59.7 Å². The standard InChI is InChI=1S/C27H34N4OS/c1-19-14-16-30(17-15-19)24(32)18-33-26-29-28-25(31(26)23-9-7-6-8-20(23)2)21-10-12-22(13-11-21)27(3,4)5/h6-13,19H,14-18H2,1-5H3. The third kappa shape index (κ3) is 5.32. The summed E-state index contributed by atoms with van der Waals surface area (Å²) in [6.45, 7) is 12.7. The highest BCUT2D eigenvalue weighted by Gasteiger charge is 2.23. The molecule has 1 fully saturated rings. The van der Waals surface area contributed by atoms with Crippen molar-refractivity contribution in [1.29, 1.82) is 0 Å². The average molecular weight is 463 g/mol. The van der Waals surface area contributed by atoms with Crippen LogP contribution in [0.2, 0.25) is 0 Å². The van der Waals surface area contributed by atoms with Gasteiger partial charge in [-0.15, -0.1) is 10.2 Å². The number of hydrogen-bond donors (Lipinski definition) is 0.